The zero-order valence-corrected chi connectivity index (χ0v) is 14.2. The number of aryl methyl sites for hydroxylation is 2. The first kappa shape index (κ1) is 16.6. The molecule has 0 aliphatic heterocycles. The van der Waals surface area contributed by atoms with Crippen molar-refractivity contribution < 1.29 is 4.79 Å². The smallest absolute Gasteiger partial charge is 0.274 e. The van der Waals surface area contributed by atoms with Gasteiger partial charge in [-0.25, -0.2) is 9.97 Å². The van der Waals surface area contributed by atoms with Gasteiger partial charge >= 0.3 is 0 Å². The molecule has 0 saturated heterocycles. The highest BCUT2D eigenvalue weighted by atomic mass is 16.1. The maximum absolute atomic E-state index is 12.4. The third kappa shape index (κ3) is 4.38. The summed E-state index contributed by atoms with van der Waals surface area (Å²) in [4.78, 5) is 24.7. The number of benzene rings is 1. The predicted molar refractivity (Wildman–Crippen MR) is 97.5 cm³/mol. The third-order valence-electron chi connectivity index (χ3n) is 3.86. The van der Waals surface area contributed by atoms with Gasteiger partial charge in [0.25, 0.3) is 5.91 Å². The van der Waals surface area contributed by atoms with E-state index in [9.17, 15) is 4.79 Å². The maximum atomic E-state index is 12.4. The van der Waals surface area contributed by atoms with Crippen molar-refractivity contribution in [3.05, 3.63) is 77.5 Å². The molecule has 1 aromatic carbocycles. The molecule has 1 amide bonds. The highest BCUT2D eigenvalue weighted by Gasteiger charge is 2.10. The van der Waals surface area contributed by atoms with Gasteiger partial charge in [-0.1, -0.05) is 12.1 Å². The number of pyridine rings is 1. The Kier molecular flexibility index (Phi) is 4.99. The van der Waals surface area contributed by atoms with E-state index >= 15 is 0 Å². The Morgan fingerprint density at radius 1 is 1.08 bits per heavy atom. The van der Waals surface area contributed by atoms with Gasteiger partial charge in [0.2, 0.25) is 0 Å². The lowest BCUT2D eigenvalue weighted by molar-refractivity contribution is 0.102. The third-order valence-corrected chi connectivity index (χ3v) is 3.86. The zero-order valence-electron chi connectivity index (χ0n) is 14.2. The molecule has 0 radical (unpaired) electrons. The van der Waals surface area contributed by atoms with Gasteiger partial charge in [-0.3, -0.25) is 9.78 Å². The molecule has 25 heavy (non-hydrogen) atoms. The van der Waals surface area contributed by atoms with Gasteiger partial charge in [-0.05, 0) is 48.7 Å². The molecule has 3 rings (SSSR count). The van der Waals surface area contributed by atoms with Crippen LogP contribution in [0.3, 0.4) is 0 Å². The number of anilines is 2. The Morgan fingerprint density at radius 3 is 2.72 bits per heavy atom. The summed E-state index contributed by atoms with van der Waals surface area (Å²) in [6, 6.07) is 11.3. The highest BCUT2D eigenvalue weighted by molar-refractivity contribution is 6.03. The summed E-state index contributed by atoms with van der Waals surface area (Å²) < 4.78 is 0. The standard InChI is InChI=1S/C19H19N5O/c1-13-5-6-16(8-14(13)2)24-19(25)17-9-18(23-12-22-17)21-11-15-4-3-7-20-10-15/h3-10,12H,11H2,1-2H3,(H,24,25)(H,21,22,23). The SMILES string of the molecule is Cc1ccc(NC(=O)c2cc(NCc3cccnc3)ncn2)cc1C. The van der Waals surface area contributed by atoms with E-state index in [4.69, 9.17) is 0 Å². The average molecular weight is 333 g/mol. The van der Waals surface area contributed by atoms with E-state index in [2.05, 4.69) is 25.6 Å². The van der Waals surface area contributed by atoms with Crippen LogP contribution in [0, 0.1) is 13.8 Å². The monoisotopic (exact) mass is 333 g/mol. The summed E-state index contributed by atoms with van der Waals surface area (Å²) in [6.07, 6.45) is 4.88. The minimum atomic E-state index is -0.268. The van der Waals surface area contributed by atoms with Crippen molar-refractivity contribution in [3.63, 3.8) is 0 Å². The first-order valence-corrected chi connectivity index (χ1v) is 7.95. The first-order valence-electron chi connectivity index (χ1n) is 7.95. The van der Waals surface area contributed by atoms with Crippen LogP contribution in [-0.2, 0) is 6.54 Å². The minimum Gasteiger partial charge on any atom is -0.366 e. The molecule has 0 unspecified atom stereocenters. The van der Waals surface area contributed by atoms with Crippen molar-refractivity contribution in [2.75, 3.05) is 10.6 Å². The fourth-order valence-electron chi connectivity index (χ4n) is 2.29. The lowest BCUT2D eigenvalue weighted by Gasteiger charge is -2.09. The molecule has 0 saturated carbocycles. The molecule has 0 spiro atoms. The number of rotatable bonds is 5. The quantitative estimate of drug-likeness (QED) is 0.748. The molecular weight excluding hydrogens is 314 g/mol. The summed E-state index contributed by atoms with van der Waals surface area (Å²) in [5, 5.41) is 6.03. The highest BCUT2D eigenvalue weighted by Crippen LogP contribution is 2.15. The summed E-state index contributed by atoms with van der Waals surface area (Å²) in [5.41, 5.74) is 4.39. The van der Waals surface area contributed by atoms with Gasteiger partial charge in [0.05, 0.1) is 0 Å². The van der Waals surface area contributed by atoms with Gasteiger partial charge in [0.1, 0.15) is 17.8 Å². The lowest BCUT2D eigenvalue weighted by atomic mass is 10.1. The summed E-state index contributed by atoms with van der Waals surface area (Å²) in [5.74, 6) is 0.319. The fourth-order valence-corrected chi connectivity index (χ4v) is 2.29. The van der Waals surface area contributed by atoms with Crippen LogP contribution in [0.4, 0.5) is 11.5 Å². The van der Waals surface area contributed by atoms with Crippen LogP contribution < -0.4 is 10.6 Å². The average Bonchev–Trinajstić information content (AvgIpc) is 2.64. The van der Waals surface area contributed by atoms with Crippen LogP contribution in [0.5, 0.6) is 0 Å². The largest absolute Gasteiger partial charge is 0.366 e. The van der Waals surface area contributed by atoms with Gasteiger partial charge in [0, 0.05) is 30.7 Å². The van der Waals surface area contributed by atoms with E-state index in [0.717, 1.165) is 16.8 Å². The van der Waals surface area contributed by atoms with Crippen molar-refractivity contribution >= 4 is 17.4 Å². The Balaban J connectivity index is 1.67. The predicted octanol–water partition coefficient (Wildman–Crippen LogP) is 3.35. The van der Waals surface area contributed by atoms with Gasteiger partial charge < -0.3 is 10.6 Å². The molecular formula is C19H19N5O. The number of aromatic nitrogens is 3. The first-order chi connectivity index (χ1) is 12.1. The number of carbonyl (C=O) groups excluding carboxylic acids is 1. The van der Waals surface area contributed by atoms with Crippen molar-refractivity contribution in [1.29, 1.82) is 0 Å². The van der Waals surface area contributed by atoms with Crippen LogP contribution in [0.25, 0.3) is 0 Å². The summed E-state index contributed by atoms with van der Waals surface area (Å²) in [7, 11) is 0. The minimum absolute atomic E-state index is 0.268. The number of hydrogen-bond acceptors (Lipinski definition) is 5. The second-order valence-corrected chi connectivity index (χ2v) is 5.76. The van der Waals surface area contributed by atoms with E-state index in [1.807, 2.05) is 44.2 Å². The molecule has 6 heteroatoms. The Labute approximate surface area is 146 Å². The molecule has 3 aromatic rings. The Morgan fingerprint density at radius 2 is 1.96 bits per heavy atom. The van der Waals surface area contributed by atoms with Crippen LogP contribution in [0.15, 0.2) is 55.1 Å². The summed E-state index contributed by atoms with van der Waals surface area (Å²) in [6.45, 7) is 4.62. The van der Waals surface area contributed by atoms with Crippen LogP contribution >= 0.6 is 0 Å². The van der Waals surface area contributed by atoms with Crippen molar-refractivity contribution in [3.8, 4) is 0 Å². The molecule has 2 aromatic heterocycles. The van der Waals surface area contributed by atoms with Crippen LogP contribution in [0.1, 0.15) is 27.2 Å². The van der Waals surface area contributed by atoms with E-state index in [-0.39, 0.29) is 5.91 Å². The molecule has 0 fully saturated rings. The number of carbonyl (C=O) groups is 1. The molecule has 0 bridgehead atoms. The second kappa shape index (κ2) is 7.53. The van der Waals surface area contributed by atoms with Gasteiger partial charge in [-0.15, -0.1) is 0 Å². The number of nitrogens with one attached hydrogen (secondary N) is 2. The number of hydrogen-bond donors (Lipinski definition) is 2. The van der Waals surface area contributed by atoms with E-state index < -0.39 is 0 Å². The van der Waals surface area contributed by atoms with Crippen LogP contribution in [-0.4, -0.2) is 20.9 Å². The molecule has 2 heterocycles. The van der Waals surface area contributed by atoms with Gasteiger partial charge in [-0.2, -0.15) is 0 Å². The molecule has 6 nitrogen and oxygen atoms in total. The molecule has 2 N–H and O–H groups in total. The second-order valence-electron chi connectivity index (χ2n) is 5.76. The van der Waals surface area contributed by atoms with E-state index in [1.165, 1.54) is 11.9 Å². The van der Waals surface area contributed by atoms with Crippen molar-refractivity contribution in [2.45, 2.75) is 20.4 Å². The Bertz CT molecular complexity index is 880. The zero-order chi connectivity index (χ0) is 17.6. The van der Waals surface area contributed by atoms with Gasteiger partial charge in [0.15, 0.2) is 0 Å². The Hall–Kier alpha value is -3.28. The molecule has 126 valence electrons. The lowest BCUT2D eigenvalue weighted by Crippen LogP contribution is -2.15. The normalized spacial score (nSPS) is 10.3. The van der Waals surface area contributed by atoms with Crippen molar-refractivity contribution in [2.24, 2.45) is 0 Å². The summed E-state index contributed by atoms with van der Waals surface area (Å²) >= 11 is 0. The molecule has 0 aliphatic carbocycles. The van der Waals surface area contributed by atoms with Crippen molar-refractivity contribution in [1.82, 2.24) is 15.0 Å². The van der Waals surface area contributed by atoms with Crippen LogP contribution in [0.2, 0.25) is 0 Å². The van der Waals surface area contributed by atoms with E-state index in [1.54, 1.807) is 18.5 Å². The van der Waals surface area contributed by atoms with E-state index in [0.29, 0.717) is 18.1 Å². The number of amides is 1. The molecule has 0 atom stereocenters. The maximum Gasteiger partial charge on any atom is 0.274 e. The number of nitrogens with zero attached hydrogens (tertiary/aromatic N) is 3. The molecule has 0 aliphatic rings. The fraction of sp³-hybridized carbons (Fsp3) is 0.158. The topological polar surface area (TPSA) is 79.8 Å².